The number of benzene rings is 1. The highest BCUT2D eigenvalue weighted by Gasteiger charge is 2.79. The zero-order chi connectivity index (χ0) is 20.9. The third-order valence-electron chi connectivity index (χ3n) is 6.25. The van der Waals surface area contributed by atoms with Crippen LogP contribution in [0.25, 0.3) is 0 Å². The molecule has 4 rings (SSSR count). The lowest BCUT2D eigenvalue weighted by Gasteiger charge is -2.49. The van der Waals surface area contributed by atoms with Crippen LogP contribution in [0.15, 0.2) is 18.2 Å². The lowest BCUT2D eigenvalue weighted by molar-refractivity contribution is -0.286. The first-order valence-electron chi connectivity index (χ1n) is 9.57. The third kappa shape index (κ3) is 2.11. The van der Waals surface area contributed by atoms with Crippen LogP contribution in [0.1, 0.15) is 44.8 Å². The molecular weight excluding hydrogens is 372 g/mol. The SMILES string of the molecule is CCCC12OC(=N)C(C#N)(C1CC)C(C#N)(C#N)C(c1ccc3c(c1)OCO3)O2. The van der Waals surface area contributed by atoms with Crippen molar-refractivity contribution in [2.24, 2.45) is 16.7 Å². The molecule has 3 aliphatic rings. The Balaban J connectivity index is 1.97. The molecule has 1 aromatic carbocycles. The molecule has 0 spiro atoms. The molecule has 29 heavy (non-hydrogen) atoms. The van der Waals surface area contributed by atoms with Crippen molar-refractivity contribution in [3.63, 3.8) is 0 Å². The van der Waals surface area contributed by atoms with Crippen molar-refractivity contribution >= 4 is 5.90 Å². The Morgan fingerprint density at radius 3 is 2.45 bits per heavy atom. The van der Waals surface area contributed by atoms with Crippen molar-refractivity contribution in [1.82, 2.24) is 0 Å². The zero-order valence-corrected chi connectivity index (χ0v) is 16.2. The molecule has 148 valence electrons. The van der Waals surface area contributed by atoms with E-state index in [4.69, 9.17) is 24.4 Å². The van der Waals surface area contributed by atoms with Crippen molar-refractivity contribution in [2.45, 2.75) is 45.0 Å². The summed E-state index contributed by atoms with van der Waals surface area (Å²) >= 11 is 0. The number of rotatable bonds is 4. The van der Waals surface area contributed by atoms with Gasteiger partial charge in [0.15, 0.2) is 16.9 Å². The summed E-state index contributed by atoms with van der Waals surface area (Å²) < 4.78 is 23.1. The highest BCUT2D eigenvalue weighted by molar-refractivity contribution is 5.89. The van der Waals surface area contributed by atoms with Crippen LogP contribution in [-0.2, 0) is 9.47 Å². The van der Waals surface area contributed by atoms with Crippen LogP contribution in [0.3, 0.4) is 0 Å². The number of hydrogen-bond donors (Lipinski definition) is 1. The Labute approximate surface area is 168 Å². The molecule has 4 atom stereocenters. The number of hydrogen-bond acceptors (Lipinski definition) is 8. The number of fused-ring (bicyclic) bond motifs is 3. The molecule has 2 bridgehead atoms. The second kappa shape index (κ2) is 6.37. The fourth-order valence-electron chi connectivity index (χ4n) is 5.05. The van der Waals surface area contributed by atoms with Gasteiger partial charge in [0.1, 0.15) is 6.10 Å². The van der Waals surface area contributed by atoms with Crippen molar-refractivity contribution in [3.05, 3.63) is 23.8 Å². The van der Waals surface area contributed by atoms with E-state index >= 15 is 0 Å². The van der Waals surface area contributed by atoms with E-state index in [1.54, 1.807) is 18.2 Å². The van der Waals surface area contributed by atoms with E-state index in [1.807, 2.05) is 13.8 Å². The number of nitriles is 3. The predicted molar refractivity (Wildman–Crippen MR) is 98.3 cm³/mol. The highest BCUT2D eigenvalue weighted by Crippen LogP contribution is 2.68. The largest absolute Gasteiger partial charge is 0.454 e. The maximum atomic E-state index is 10.3. The molecular formula is C21H20N4O4. The summed E-state index contributed by atoms with van der Waals surface area (Å²) in [6, 6.07) is 11.3. The third-order valence-corrected chi connectivity index (χ3v) is 6.25. The molecule has 3 heterocycles. The molecule has 0 radical (unpaired) electrons. The topological polar surface area (TPSA) is 132 Å². The van der Waals surface area contributed by atoms with Crippen LogP contribution < -0.4 is 9.47 Å². The average molecular weight is 392 g/mol. The molecule has 1 aromatic rings. The van der Waals surface area contributed by atoms with Gasteiger partial charge in [0, 0.05) is 6.42 Å². The van der Waals surface area contributed by atoms with E-state index in [0.29, 0.717) is 36.3 Å². The number of ether oxygens (including phenoxy) is 4. The van der Waals surface area contributed by atoms with Gasteiger partial charge in [-0.1, -0.05) is 19.9 Å². The first-order valence-corrected chi connectivity index (χ1v) is 9.57. The fourth-order valence-corrected chi connectivity index (χ4v) is 5.05. The maximum Gasteiger partial charge on any atom is 0.231 e. The van der Waals surface area contributed by atoms with E-state index < -0.39 is 28.6 Å². The van der Waals surface area contributed by atoms with Gasteiger partial charge in [-0.15, -0.1) is 0 Å². The average Bonchev–Trinajstić information content (AvgIpc) is 3.27. The Morgan fingerprint density at radius 1 is 1.10 bits per heavy atom. The summed E-state index contributed by atoms with van der Waals surface area (Å²) in [6.07, 6.45) is 0.453. The maximum absolute atomic E-state index is 10.3. The van der Waals surface area contributed by atoms with Crippen LogP contribution in [0.5, 0.6) is 11.5 Å². The molecule has 0 aromatic heterocycles. The van der Waals surface area contributed by atoms with Crippen LogP contribution in [0.2, 0.25) is 0 Å². The Hall–Kier alpha value is -3.28. The summed E-state index contributed by atoms with van der Waals surface area (Å²) in [5.74, 6) is -1.19. The summed E-state index contributed by atoms with van der Waals surface area (Å²) in [6.45, 7) is 3.89. The van der Waals surface area contributed by atoms with Gasteiger partial charge in [-0.05, 0) is 30.5 Å². The van der Waals surface area contributed by atoms with Crippen molar-refractivity contribution in [2.75, 3.05) is 6.79 Å². The van der Waals surface area contributed by atoms with Crippen molar-refractivity contribution in [3.8, 4) is 29.7 Å². The molecule has 2 saturated heterocycles. The van der Waals surface area contributed by atoms with Crippen molar-refractivity contribution in [1.29, 1.82) is 21.2 Å². The summed E-state index contributed by atoms with van der Waals surface area (Å²) in [5, 5.41) is 39.2. The zero-order valence-electron chi connectivity index (χ0n) is 16.2. The van der Waals surface area contributed by atoms with Crippen LogP contribution >= 0.6 is 0 Å². The van der Waals surface area contributed by atoms with E-state index in [2.05, 4.69) is 18.2 Å². The minimum atomic E-state index is -1.96. The molecule has 8 nitrogen and oxygen atoms in total. The van der Waals surface area contributed by atoms with E-state index in [-0.39, 0.29) is 12.7 Å². The van der Waals surface area contributed by atoms with Gasteiger partial charge in [0.2, 0.25) is 23.9 Å². The minimum absolute atomic E-state index is 0.0829. The molecule has 4 unspecified atom stereocenters. The van der Waals surface area contributed by atoms with Crippen LogP contribution in [-0.4, -0.2) is 18.5 Å². The molecule has 0 amide bonds. The standard InChI is InChI=1S/C21H20N4O4/c1-3-7-21-16(4-2)20(11-24,18(25)29-21)19(9-22,10-23)17(28-21)13-5-6-14-15(8-13)27-12-26-14/h5-6,8,16-17,25H,3-4,7,12H2,1-2H3. The number of nitrogens with zero attached hydrogens (tertiary/aromatic N) is 3. The van der Waals surface area contributed by atoms with Gasteiger partial charge in [-0.25, -0.2) is 0 Å². The Kier molecular flexibility index (Phi) is 4.19. The first kappa shape index (κ1) is 19.1. The Bertz CT molecular complexity index is 989. The van der Waals surface area contributed by atoms with E-state index in [9.17, 15) is 15.8 Å². The lowest BCUT2D eigenvalue weighted by Crippen LogP contribution is -2.59. The first-order chi connectivity index (χ1) is 14.0. The Morgan fingerprint density at radius 2 is 1.83 bits per heavy atom. The second-order valence-electron chi connectivity index (χ2n) is 7.52. The lowest BCUT2D eigenvalue weighted by atomic mass is 9.52. The fraction of sp³-hybridized carbons (Fsp3) is 0.524. The molecule has 0 saturated carbocycles. The van der Waals surface area contributed by atoms with E-state index in [0.717, 1.165) is 0 Å². The van der Waals surface area contributed by atoms with Gasteiger partial charge in [-0.3, -0.25) is 5.41 Å². The molecule has 3 aliphatic heterocycles. The van der Waals surface area contributed by atoms with Gasteiger partial charge in [0.05, 0.1) is 24.1 Å². The van der Waals surface area contributed by atoms with Gasteiger partial charge in [0.25, 0.3) is 0 Å². The normalized spacial score (nSPS) is 33.3. The molecule has 8 heteroatoms. The molecule has 2 fully saturated rings. The van der Waals surface area contributed by atoms with Crippen molar-refractivity contribution < 1.29 is 18.9 Å². The predicted octanol–water partition coefficient (Wildman–Crippen LogP) is 3.56. The van der Waals surface area contributed by atoms with E-state index in [1.165, 1.54) is 0 Å². The van der Waals surface area contributed by atoms with Gasteiger partial charge < -0.3 is 18.9 Å². The summed E-state index contributed by atoms with van der Waals surface area (Å²) in [4.78, 5) is 0. The number of nitrogens with one attached hydrogen (secondary N) is 1. The smallest absolute Gasteiger partial charge is 0.231 e. The quantitative estimate of drug-likeness (QED) is 0.828. The second-order valence-corrected chi connectivity index (χ2v) is 7.52. The minimum Gasteiger partial charge on any atom is -0.454 e. The summed E-state index contributed by atoms with van der Waals surface area (Å²) in [5.41, 5.74) is -3.19. The highest BCUT2D eigenvalue weighted by atomic mass is 16.7. The van der Waals surface area contributed by atoms with Crippen LogP contribution in [0.4, 0.5) is 0 Å². The molecule has 0 aliphatic carbocycles. The van der Waals surface area contributed by atoms with Crippen LogP contribution in [0, 0.1) is 56.2 Å². The monoisotopic (exact) mass is 392 g/mol. The molecule has 1 N–H and O–H groups in total. The summed E-state index contributed by atoms with van der Waals surface area (Å²) in [7, 11) is 0. The van der Waals surface area contributed by atoms with Gasteiger partial charge in [-0.2, -0.15) is 15.8 Å². The van der Waals surface area contributed by atoms with Gasteiger partial charge >= 0.3 is 0 Å².